The lowest BCUT2D eigenvalue weighted by Gasteiger charge is -2.14. The van der Waals surface area contributed by atoms with Gasteiger partial charge in [0.05, 0.1) is 16.0 Å². The number of hydrazone groups is 1. The van der Waals surface area contributed by atoms with Crippen LogP contribution in [0.3, 0.4) is 0 Å². The van der Waals surface area contributed by atoms with Crippen molar-refractivity contribution in [2.24, 2.45) is 10.8 Å². The molecule has 0 spiro atoms. The number of fused-ring (bicyclic) bond motifs is 2. The van der Waals surface area contributed by atoms with E-state index in [1.54, 1.807) is 18.2 Å². The lowest BCUT2D eigenvalue weighted by Crippen LogP contribution is -2.31. The Hall–Kier alpha value is -4.10. The molecule has 4 rings (SSSR count). The Kier molecular flexibility index (Phi) is 5.19. The van der Waals surface area contributed by atoms with E-state index >= 15 is 0 Å². The summed E-state index contributed by atoms with van der Waals surface area (Å²) >= 11 is 4.75. The van der Waals surface area contributed by atoms with Crippen molar-refractivity contribution in [2.75, 3.05) is 6.79 Å². The highest BCUT2D eigenvalue weighted by Gasteiger charge is 2.25. The maximum Gasteiger partial charge on any atom is 0.276 e. The number of aromatic amines is 1. The van der Waals surface area contributed by atoms with Gasteiger partial charge in [0.1, 0.15) is 11.8 Å². The fourth-order valence-electron chi connectivity index (χ4n) is 2.96. The van der Waals surface area contributed by atoms with E-state index in [0.717, 1.165) is 0 Å². The second-order valence-corrected chi connectivity index (χ2v) is 6.80. The van der Waals surface area contributed by atoms with Gasteiger partial charge in [0.15, 0.2) is 22.3 Å². The van der Waals surface area contributed by atoms with Crippen LogP contribution in [-0.2, 0) is 0 Å². The average Bonchev–Trinajstić information content (AvgIpc) is 3.21. The second-order valence-electron chi connectivity index (χ2n) is 6.36. The number of aromatic nitrogens is 2. The molecule has 1 aliphatic heterocycles. The van der Waals surface area contributed by atoms with Crippen LogP contribution in [0.25, 0.3) is 11.0 Å². The minimum absolute atomic E-state index is 0.0524. The monoisotopic (exact) mass is 442 g/mol. The van der Waals surface area contributed by atoms with Gasteiger partial charge in [0, 0.05) is 12.1 Å². The molecular weight excluding hydrogens is 428 g/mol. The molecule has 1 aliphatic rings. The molecule has 0 saturated heterocycles. The second kappa shape index (κ2) is 7.97. The van der Waals surface area contributed by atoms with Gasteiger partial charge in [-0.2, -0.15) is 5.10 Å². The van der Waals surface area contributed by atoms with Crippen molar-refractivity contribution in [3.8, 4) is 11.5 Å². The van der Waals surface area contributed by atoms with E-state index < -0.39 is 16.6 Å². The standard InChI is InChI=1S/C18H14N6O6S/c19-18(31)23-22-14(16(25)8-1-4-12-13(5-8)30-7-29-12)15-17(26)21-11-6-9(24(27)28)2-3-10(11)20-15/h1-6,16,25H,7H2,(H,21,26)(H3,19,23,31)/b22-14-/t16-/m1/s1. The van der Waals surface area contributed by atoms with Crippen molar-refractivity contribution in [2.45, 2.75) is 6.10 Å². The highest BCUT2D eigenvalue weighted by atomic mass is 32.1. The fraction of sp³-hybridized carbons (Fsp3) is 0.111. The Morgan fingerprint density at radius 1 is 1.32 bits per heavy atom. The fourth-order valence-corrected chi connectivity index (χ4v) is 3.01. The van der Waals surface area contributed by atoms with E-state index in [4.69, 9.17) is 27.4 Å². The first-order valence-electron chi connectivity index (χ1n) is 8.73. The van der Waals surface area contributed by atoms with Crippen LogP contribution in [0.1, 0.15) is 17.4 Å². The number of aliphatic hydroxyl groups is 1. The van der Waals surface area contributed by atoms with Gasteiger partial charge in [-0.15, -0.1) is 0 Å². The molecule has 158 valence electrons. The summed E-state index contributed by atoms with van der Waals surface area (Å²) in [6.45, 7) is 0.0524. The van der Waals surface area contributed by atoms with Gasteiger partial charge in [0.25, 0.3) is 11.2 Å². The number of nitro benzene ring substituents is 1. The molecule has 0 radical (unpaired) electrons. The molecule has 1 atom stereocenters. The average molecular weight is 442 g/mol. The highest BCUT2D eigenvalue weighted by Crippen LogP contribution is 2.34. The van der Waals surface area contributed by atoms with Crippen LogP contribution in [0, 0.1) is 10.1 Å². The molecule has 0 bridgehead atoms. The number of thiocarbonyl (C=S) groups is 1. The van der Waals surface area contributed by atoms with Crippen LogP contribution < -0.4 is 26.2 Å². The molecule has 2 aromatic carbocycles. The molecule has 0 aliphatic carbocycles. The maximum absolute atomic E-state index is 12.7. The number of H-pyrrole nitrogens is 1. The Labute approximate surface area is 178 Å². The zero-order valence-corrected chi connectivity index (χ0v) is 16.4. The molecule has 5 N–H and O–H groups in total. The lowest BCUT2D eigenvalue weighted by molar-refractivity contribution is -0.384. The predicted molar refractivity (Wildman–Crippen MR) is 113 cm³/mol. The van der Waals surface area contributed by atoms with E-state index in [9.17, 15) is 20.0 Å². The zero-order chi connectivity index (χ0) is 22.1. The van der Waals surface area contributed by atoms with Crippen LogP contribution in [0.4, 0.5) is 5.69 Å². The summed E-state index contributed by atoms with van der Waals surface area (Å²) in [6.07, 6.45) is -1.42. The van der Waals surface area contributed by atoms with Crippen molar-refractivity contribution in [3.63, 3.8) is 0 Å². The summed E-state index contributed by atoms with van der Waals surface area (Å²) in [5.41, 5.74) is 7.19. The number of nitro groups is 1. The quantitative estimate of drug-likeness (QED) is 0.191. The van der Waals surface area contributed by atoms with Crippen LogP contribution in [0.15, 0.2) is 46.3 Å². The molecule has 31 heavy (non-hydrogen) atoms. The molecule has 0 saturated carbocycles. The molecule has 12 nitrogen and oxygen atoms in total. The summed E-state index contributed by atoms with van der Waals surface area (Å²) in [6, 6.07) is 8.53. The number of nitrogens with zero attached hydrogens (tertiary/aromatic N) is 3. The number of benzene rings is 2. The van der Waals surface area contributed by atoms with Gasteiger partial charge in [-0.1, -0.05) is 6.07 Å². The van der Waals surface area contributed by atoms with Crippen molar-refractivity contribution < 1.29 is 19.5 Å². The summed E-state index contributed by atoms with van der Waals surface area (Å²) in [5, 5.41) is 25.7. The number of aliphatic hydroxyl groups excluding tert-OH is 1. The van der Waals surface area contributed by atoms with Crippen LogP contribution in [0.5, 0.6) is 11.5 Å². The number of hydrogen-bond acceptors (Lipinski definition) is 9. The van der Waals surface area contributed by atoms with Crippen LogP contribution in [0.2, 0.25) is 0 Å². The molecule has 0 unspecified atom stereocenters. The van der Waals surface area contributed by atoms with Gasteiger partial charge in [-0.05, 0) is 36.0 Å². The molecule has 2 heterocycles. The summed E-state index contributed by atoms with van der Waals surface area (Å²) in [5.74, 6) is 0.935. The number of nitrogens with one attached hydrogen (secondary N) is 2. The number of rotatable bonds is 5. The van der Waals surface area contributed by atoms with Gasteiger partial charge >= 0.3 is 0 Å². The van der Waals surface area contributed by atoms with E-state index in [2.05, 4.69) is 20.5 Å². The zero-order valence-electron chi connectivity index (χ0n) is 15.6. The van der Waals surface area contributed by atoms with Crippen LogP contribution >= 0.6 is 12.2 Å². The highest BCUT2D eigenvalue weighted by molar-refractivity contribution is 7.80. The summed E-state index contributed by atoms with van der Waals surface area (Å²) in [7, 11) is 0. The van der Waals surface area contributed by atoms with Gasteiger partial charge < -0.3 is 25.3 Å². The molecule has 3 aromatic rings. The van der Waals surface area contributed by atoms with E-state index in [0.29, 0.717) is 17.1 Å². The van der Waals surface area contributed by atoms with Crippen molar-refractivity contribution >= 4 is 39.8 Å². The molecule has 0 amide bonds. The minimum atomic E-state index is -1.42. The molecule has 13 heteroatoms. The number of hydrogen-bond donors (Lipinski definition) is 4. The van der Waals surface area contributed by atoms with E-state index in [1.165, 1.54) is 18.2 Å². The first-order chi connectivity index (χ1) is 14.8. The first-order valence-corrected chi connectivity index (χ1v) is 9.14. The number of nitrogens with two attached hydrogens (primary N) is 1. The van der Waals surface area contributed by atoms with Crippen molar-refractivity contribution in [3.05, 3.63) is 68.1 Å². The Morgan fingerprint density at radius 2 is 2.10 bits per heavy atom. The third-order valence-corrected chi connectivity index (χ3v) is 4.48. The third-order valence-electron chi connectivity index (χ3n) is 4.39. The lowest BCUT2D eigenvalue weighted by atomic mass is 10.0. The summed E-state index contributed by atoms with van der Waals surface area (Å²) < 4.78 is 10.6. The Balaban J connectivity index is 1.81. The van der Waals surface area contributed by atoms with Crippen LogP contribution in [-0.4, -0.2) is 37.6 Å². The first kappa shape index (κ1) is 20.2. The molecule has 0 fully saturated rings. The Morgan fingerprint density at radius 3 is 2.84 bits per heavy atom. The Bertz CT molecular complexity index is 1310. The SMILES string of the molecule is NC(=S)N/N=C(/c1nc2ccc([N+](=O)[O-])cc2[nH]c1=O)[C@H](O)c1ccc2c(c1)OCO2. The van der Waals surface area contributed by atoms with Crippen molar-refractivity contribution in [1.29, 1.82) is 0 Å². The van der Waals surface area contributed by atoms with Gasteiger partial charge in [0.2, 0.25) is 6.79 Å². The molecular formula is C18H14N6O6S. The summed E-state index contributed by atoms with van der Waals surface area (Å²) in [4.78, 5) is 29.8. The normalized spacial score (nSPS) is 13.8. The smallest absolute Gasteiger partial charge is 0.276 e. The predicted octanol–water partition coefficient (Wildman–Crippen LogP) is 0.831. The third kappa shape index (κ3) is 3.99. The van der Waals surface area contributed by atoms with Crippen molar-refractivity contribution in [1.82, 2.24) is 15.4 Å². The largest absolute Gasteiger partial charge is 0.454 e. The number of non-ortho nitro benzene ring substituents is 1. The van der Waals surface area contributed by atoms with Gasteiger partial charge in [-0.3, -0.25) is 20.3 Å². The van der Waals surface area contributed by atoms with E-state index in [-0.39, 0.29) is 40.0 Å². The number of ether oxygens (including phenoxy) is 2. The van der Waals surface area contributed by atoms with E-state index in [1.807, 2.05) is 0 Å². The molecule has 1 aromatic heterocycles. The topological polar surface area (TPSA) is 178 Å². The minimum Gasteiger partial charge on any atom is -0.454 e. The maximum atomic E-state index is 12.7. The van der Waals surface area contributed by atoms with Gasteiger partial charge in [-0.25, -0.2) is 4.98 Å².